The van der Waals surface area contributed by atoms with Crippen molar-refractivity contribution in [2.24, 2.45) is 0 Å². The summed E-state index contributed by atoms with van der Waals surface area (Å²) in [4.78, 5) is 51.6. The van der Waals surface area contributed by atoms with Gasteiger partial charge in [0.05, 0.1) is 6.54 Å². The number of anilines is 1. The molecule has 0 spiro atoms. The first-order valence-corrected chi connectivity index (χ1v) is 8.46. The summed E-state index contributed by atoms with van der Waals surface area (Å²) in [6, 6.07) is 9.82. The molecule has 4 N–H and O–H groups in total. The van der Waals surface area contributed by atoms with Crippen LogP contribution in [0.5, 0.6) is 0 Å². The third-order valence-corrected chi connectivity index (χ3v) is 4.08. The number of H-pyrrole nitrogens is 1. The van der Waals surface area contributed by atoms with Crippen LogP contribution in [-0.4, -0.2) is 41.7 Å². The van der Waals surface area contributed by atoms with E-state index < -0.39 is 17.7 Å². The van der Waals surface area contributed by atoms with E-state index in [0.717, 1.165) is 12.1 Å². The van der Waals surface area contributed by atoms with E-state index >= 15 is 0 Å². The molecule has 9 nitrogen and oxygen atoms in total. The van der Waals surface area contributed by atoms with Crippen LogP contribution < -0.4 is 21.1 Å². The standard InChI is InChI=1S/C18H19N5O4/c24-15(21-22-18(27)14-3-1-9-19-14)11-20-17(26)12-5-7-13(8-6-12)23-10-2-4-16(23)25/h1,3,5-9,19H,2,4,10-11H2,(H,20,26)(H,21,24)(H,22,27). The number of rotatable bonds is 5. The monoisotopic (exact) mass is 369 g/mol. The average Bonchev–Trinajstić information content (AvgIpc) is 3.36. The van der Waals surface area contributed by atoms with Crippen LogP contribution in [0.1, 0.15) is 33.7 Å². The number of aromatic nitrogens is 1. The highest BCUT2D eigenvalue weighted by atomic mass is 16.2. The zero-order valence-electron chi connectivity index (χ0n) is 14.5. The Balaban J connectivity index is 1.45. The molecule has 0 atom stereocenters. The highest BCUT2D eigenvalue weighted by Gasteiger charge is 2.21. The number of aromatic amines is 1. The highest BCUT2D eigenvalue weighted by Crippen LogP contribution is 2.21. The lowest BCUT2D eigenvalue weighted by molar-refractivity contribution is -0.121. The molecule has 1 aliphatic rings. The first kappa shape index (κ1) is 18.2. The van der Waals surface area contributed by atoms with Crippen molar-refractivity contribution >= 4 is 29.3 Å². The number of amides is 4. The van der Waals surface area contributed by atoms with Gasteiger partial charge in [0.1, 0.15) is 5.69 Å². The second-order valence-corrected chi connectivity index (χ2v) is 5.96. The average molecular weight is 369 g/mol. The third-order valence-electron chi connectivity index (χ3n) is 4.08. The second-order valence-electron chi connectivity index (χ2n) is 5.96. The van der Waals surface area contributed by atoms with Gasteiger partial charge in [0.2, 0.25) is 5.91 Å². The van der Waals surface area contributed by atoms with Gasteiger partial charge in [0.25, 0.3) is 17.7 Å². The van der Waals surface area contributed by atoms with Gasteiger partial charge in [-0.15, -0.1) is 0 Å². The van der Waals surface area contributed by atoms with Gasteiger partial charge in [-0.05, 0) is 42.8 Å². The summed E-state index contributed by atoms with van der Waals surface area (Å²) in [7, 11) is 0. The van der Waals surface area contributed by atoms with E-state index in [2.05, 4.69) is 21.2 Å². The molecule has 3 rings (SSSR count). The molecule has 1 saturated heterocycles. The molecule has 0 radical (unpaired) electrons. The smallest absolute Gasteiger partial charge is 0.286 e. The number of benzene rings is 1. The van der Waals surface area contributed by atoms with Crippen LogP contribution >= 0.6 is 0 Å². The van der Waals surface area contributed by atoms with Crippen LogP contribution in [0.4, 0.5) is 5.69 Å². The van der Waals surface area contributed by atoms with Crippen LogP contribution in [0.2, 0.25) is 0 Å². The molecule has 2 aromatic rings. The molecule has 140 valence electrons. The lowest BCUT2D eigenvalue weighted by Gasteiger charge is -2.15. The zero-order valence-corrected chi connectivity index (χ0v) is 14.5. The van der Waals surface area contributed by atoms with E-state index in [9.17, 15) is 19.2 Å². The normalized spacial score (nSPS) is 13.3. The molecule has 0 saturated carbocycles. The molecule has 0 bridgehead atoms. The lowest BCUT2D eigenvalue weighted by Crippen LogP contribution is -2.46. The topological polar surface area (TPSA) is 123 Å². The molecule has 0 unspecified atom stereocenters. The van der Waals surface area contributed by atoms with Gasteiger partial charge in [-0.25, -0.2) is 0 Å². The maximum Gasteiger partial charge on any atom is 0.286 e. The van der Waals surface area contributed by atoms with E-state index in [0.29, 0.717) is 24.2 Å². The molecule has 27 heavy (non-hydrogen) atoms. The van der Waals surface area contributed by atoms with Crippen molar-refractivity contribution in [2.75, 3.05) is 18.0 Å². The molecule has 0 aliphatic carbocycles. The predicted molar refractivity (Wildman–Crippen MR) is 96.8 cm³/mol. The van der Waals surface area contributed by atoms with Gasteiger partial charge in [0, 0.05) is 30.4 Å². The van der Waals surface area contributed by atoms with Crippen LogP contribution in [0.15, 0.2) is 42.6 Å². The molecule has 1 aliphatic heterocycles. The van der Waals surface area contributed by atoms with Gasteiger partial charge in [-0.1, -0.05) is 0 Å². The van der Waals surface area contributed by atoms with Crippen molar-refractivity contribution < 1.29 is 19.2 Å². The minimum absolute atomic E-state index is 0.0743. The fourth-order valence-corrected chi connectivity index (χ4v) is 2.69. The molecular weight excluding hydrogens is 350 g/mol. The van der Waals surface area contributed by atoms with Crippen molar-refractivity contribution in [1.29, 1.82) is 0 Å². The summed E-state index contributed by atoms with van der Waals surface area (Å²) in [6.07, 6.45) is 2.95. The fraction of sp³-hybridized carbons (Fsp3) is 0.222. The van der Waals surface area contributed by atoms with Crippen LogP contribution in [0, 0.1) is 0 Å². The number of nitrogens with one attached hydrogen (secondary N) is 4. The number of hydrazine groups is 1. The first-order chi connectivity index (χ1) is 13.0. The summed E-state index contributed by atoms with van der Waals surface area (Å²) in [5.74, 6) is -1.42. The molecule has 1 aromatic carbocycles. The summed E-state index contributed by atoms with van der Waals surface area (Å²) in [5.41, 5.74) is 5.86. The van der Waals surface area contributed by atoms with E-state index in [4.69, 9.17) is 0 Å². The number of carbonyl (C=O) groups is 4. The van der Waals surface area contributed by atoms with E-state index in [1.165, 1.54) is 0 Å². The van der Waals surface area contributed by atoms with Gasteiger partial charge in [-0.3, -0.25) is 30.0 Å². The van der Waals surface area contributed by atoms with Gasteiger partial charge < -0.3 is 15.2 Å². The maximum atomic E-state index is 12.1. The largest absolute Gasteiger partial charge is 0.357 e. The van der Waals surface area contributed by atoms with Crippen molar-refractivity contribution in [1.82, 2.24) is 21.2 Å². The zero-order chi connectivity index (χ0) is 19.2. The molecule has 1 aromatic heterocycles. The molecule has 9 heteroatoms. The summed E-state index contributed by atoms with van der Waals surface area (Å²) in [5, 5.41) is 2.46. The number of carbonyl (C=O) groups excluding carboxylic acids is 4. The van der Waals surface area contributed by atoms with Crippen molar-refractivity contribution in [3.8, 4) is 0 Å². The van der Waals surface area contributed by atoms with Gasteiger partial charge in [0.15, 0.2) is 0 Å². The third kappa shape index (κ3) is 4.51. The van der Waals surface area contributed by atoms with Crippen LogP contribution in [0.3, 0.4) is 0 Å². The fourth-order valence-electron chi connectivity index (χ4n) is 2.69. The number of nitrogens with zero attached hydrogens (tertiary/aromatic N) is 1. The Morgan fingerprint density at radius 1 is 1.04 bits per heavy atom. The number of hydrogen-bond acceptors (Lipinski definition) is 4. The van der Waals surface area contributed by atoms with E-state index in [1.807, 2.05) is 0 Å². The SMILES string of the molecule is O=C(CNC(=O)c1ccc(N2CCCC2=O)cc1)NNC(=O)c1ccc[nH]1. The highest BCUT2D eigenvalue weighted by molar-refractivity contribution is 5.99. The molecule has 4 amide bonds. The summed E-state index contributed by atoms with van der Waals surface area (Å²) >= 11 is 0. The van der Waals surface area contributed by atoms with Crippen LogP contribution in [0.25, 0.3) is 0 Å². The summed E-state index contributed by atoms with van der Waals surface area (Å²) < 4.78 is 0. The predicted octanol–water partition coefficient (Wildman–Crippen LogP) is 0.333. The van der Waals surface area contributed by atoms with Crippen molar-refractivity contribution in [3.05, 3.63) is 53.9 Å². The molecule has 1 fully saturated rings. The molecule has 2 heterocycles. The minimum atomic E-state index is -0.567. The Morgan fingerprint density at radius 3 is 2.44 bits per heavy atom. The first-order valence-electron chi connectivity index (χ1n) is 8.46. The Bertz CT molecular complexity index is 845. The van der Waals surface area contributed by atoms with Crippen LogP contribution in [-0.2, 0) is 9.59 Å². The van der Waals surface area contributed by atoms with Crippen molar-refractivity contribution in [2.45, 2.75) is 12.8 Å². The van der Waals surface area contributed by atoms with E-state index in [1.54, 1.807) is 47.5 Å². The van der Waals surface area contributed by atoms with E-state index in [-0.39, 0.29) is 12.5 Å². The Hall–Kier alpha value is -3.62. The minimum Gasteiger partial charge on any atom is -0.357 e. The Morgan fingerprint density at radius 2 is 1.81 bits per heavy atom. The Labute approximate surface area is 155 Å². The maximum absolute atomic E-state index is 12.1. The Kier molecular flexibility index (Phi) is 5.50. The quantitative estimate of drug-likeness (QED) is 0.567. The number of hydrogen-bond donors (Lipinski definition) is 4. The molecular formula is C18H19N5O4. The van der Waals surface area contributed by atoms with Gasteiger partial charge >= 0.3 is 0 Å². The lowest BCUT2D eigenvalue weighted by atomic mass is 10.2. The van der Waals surface area contributed by atoms with Gasteiger partial charge in [-0.2, -0.15) is 0 Å². The second kappa shape index (κ2) is 8.17. The van der Waals surface area contributed by atoms with Crippen molar-refractivity contribution in [3.63, 3.8) is 0 Å². The summed E-state index contributed by atoms with van der Waals surface area (Å²) in [6.45, 7) is 0.384.